The molecule has 3 aromatic rings. The summed E-state index contributed by atoms with van der Waals surface area (Å²) in [7, 11) is 0. The van der Waals surface area contributed by atoms with Gasteiger partial charge in [0.15, 0.2) is 0 Å². The standard InChI is InChI=1S/C18H15N5O4/c24-17(21-22-18(25)15-7-4-10-19-15)12-8-9-14(16(11-12)23(26)27)20-13-5-2-1-3-6-13/h1-11,19-20H,(H,21,24)(H,22,25). The second-order valence-electron chi connectivity index (χ2n) is 5.47. The Morgan fingerprint density at radius 3 is 2.33 bits per heavy atom. The van der Waals surface area contributed by atoms with Gasteiger partial charge in [-0.15, -0.1) is 0 Å². The van der Waals surface area contributed by atoms with Gasteiger partial charge in [0.1, 0.15) is 11.4 Å². The monoisotopic (exact) mass is 365 g/mol. The van der Waals surface area contributed by atoms with E-state index in [4.69, 9.17) is 0 Å². The Morgan fingerprint density at radius 1 is 0.926 bits per heavy atom. The van der Waals surface area contributed by atoms with Crippen LogP contribution in [0, 0.1) is 10.1 Å². The predicted octanol–water partition coefficient (Wildman–Crippen LogP) is 2.74. The average Bonchev–Trinajstić information content (AvgIpc) is 3.21. The number of carbonyl (C=O) groups is 2. The first-order chi connectivity index (χ1) is 13.0. The van der Waals surface area contributed by atoms with Crippen molar-refractivity contribution in [1.29, 1.82) is 0 Å². The van der Waals surface area contributed by atoms with E-state index in [2.05, 4.69) is 21.2 Å². The Kier molecular flexibility index (Phi) is 5.12. The first-order valence-electron chi connectivity index (χ1n) is 7.89. The van der Waals surface area contributed by atoms with E-state index in [9.17, 15) is 19.7 Å². The van der Waals surface area contributed by atoms with Gasteiger partial charge in [-0.1, -0.05) is 18.2 Å². The molecule has 0 radical (unpaired) electrons. The predicted molar refractivity (Wildman–Crippen MR) is 98.5 cm³/mol. The topological polar surface area (TPSA) is 129 Å². The lowest BCUT2D eigenvalue weighted by atomic mass is 10.1. The second-order valence-corrected chi connectivity index (χ2v) is 5.47. The zero-order chi connectivity index (χ0) is 19.2. The first kappa shape index (κ1) is 17.7. The van der Waals surface area contributed by atoms with Crippen LogP contribution in [0.5, 0.6) is 0 Å². The molecule has 0 atom stereocenters. The van der Waals surface area contributed by atoms with Crippen LogP contribution in [0.3, 0.4) is 0 Å². The number of hydrogen-bond acceptors (Lipinski definition) is 5. The molecule has 0 saturated heterocycles. The molecular weight excluding hydrogens is 350 g/mol. The minimum Gasteiger partial charge on any atom is -0.357 e. The summed E-state index contributed by atoms with van der Waals surface area (Å²) in [6.07, 6.45) is 1.57. The fourth-order valence-electron chi connectivity index (χ4n) is 2.33. The van der Waals surface area contributed by atoms with Gasteiger partial charge in [-0.3, -0.25) is 30.6 Å². The van der Waals surface area contributed by atoms with Gasteiger partial charge in [0, 0.05) is 23.5 Å². The minimum absolute atomic E-state index is 0.0343. The van der Waals surface area contributed by atoms with E-state index in [-0.39, 0.29) is 22.6 Å². The molecular formula is C18H15N5O4. The van der Waals surface area contributed by atoms with Gasteiger partial charge in [0.25, 0.3) is 17.5 Å². The highest BCUT2D eigenvalue weighted by Crippen LogP contribution is 2.28. The number of benzene rings is 2. The third-order valence-corrected chi connectivity index (χ3v) is 3.64. The van der Waals surface area contributed by atoms with Crippen molar-refractivity contribution in [3.63, 3.8) is 0 Å². The zero-order valence-corrected chi connectivity index (χ0v) is 13.9. The summed E-state index contributed by atoms with van der Waals surface area (Å²) in [5.41, 5.74) is 5.42. The third kappa shape index (κ3) is 4.28. The van der Waals surface area contributed by atoms with Crippen molar-refractivity contribution in [3.8, 4) is 0 Å². The number of hydrogen-bond donors (Lipinski definition) is 4. The summed E-state index contributed by atoms with van der Waals surface area (Å²) >= 11 is 0. The van der Waals surface area contributed by atoms with E-state index in [0.717, 1.165) is 6.07 Å². The molecule has 1 aromatic heterocycles. The molecule has 0 fully saturated rings. The number of hydrazine groups is 1. The number of aromatic nitrogens is 1. The Bertz CT molecular complexity index is 971. The van der Waals surface area contributed by atoms with E-state index >= 15 is 0 Å². The molecule has 2 amide bonds. The maximum absolute atomic E-state index is 12.2. The van der Waals surface area contributed by atoms with E-state index in [1.807, 2.05) is 6.07 Å². The summed E-state index contributed by atoms with van der Waals surface area (Å²) < 4.78 is 0. The molecule has 0 saturated carbocycles. The number of anilines is 2. The number of amides is 2. The Morgan fingerprint density at radius 2 is 1.67 bits per heavy atom. The van der Waals surface area contributed by atoms with Crippen LogP contribution < -0.4 is 16.2 Å². The molecule has 27 heavy (non-hydrogen) atoms. The fraction of sp³-hybridized carbons (Fsp3) is 0. The maximum atomic E-state index is 12.2. The van der Waals surface area contributed by atoms with Gasteiger partial charge in [-0.25, -0.2) is 0 Å². The van der Waals surface area contributed by atoms with Gasteiger partial charge < -0.3 is 10.3 Å². The van der Waals surface area contributed by atoms with Crippen molar-refractivity contribution in [1.82, 2.24) is 15.8 Å². The normalized spacial score (nSPS) is 10.1. The van der Waals surface area contributed by atoms with Crippen LogP contribution in [0.1, 0.15) is 20.8 Å². The summed E-state index contributed by atoms with van der Waals surface area (Å²) in [4.78, 5) is 37.5. The number of aromatic amines is 1. The van der Waals surface area contributed by atoms with Crippen molar-refractivity contribution in [2.75, 3.05) is 5.32 Å². The van der Waals surface area contributed by atoms with Crippen LogP contribution in [0.4, 0.5) is 17.1 Å². The largest absolute Gasteiger partial charge is 0.357 e. The summed E-state index contributed by atoms with van der Waals surface area (Å²) in [6, 6.07) is 16.1. The highest BCUT2D eigenvalue weighted by atomic mass is 16.6. The van der Waals surface area contributed by atoms with E-state index in [0.29, 0.717) is 5.69 Å². The molecule has 2 aromatic carbocycles. The molecule has 0 aliphatic rings. The van der Waals surface area contributed by atoms with Crippen LogP contribution >= 0.6 is 0 Å². The Hall–Kier alpha value is -4.14. The molecule has 0 spiro atoms. The molecule has 136 valence electrons. The Balaban J connectivity index is 1.74. The van der Waals surface area contributed by atoms with Crippen LogP contribution in [-0.2, 0) is 0 Å². The SMILES string of the molecule is O=C(NNC(=O)c1ccc[nH]1)c1ccc(Nc2ccccc2)c([N+](=O)[O-])c1. The van der Waals surface area contributed by atoms with Crippen molar-refractivity contribution in [2.24, 2.45) is 0 Å². The highest BCUT2D eigenvalue weighted by Gasteiger charge is 2.18. The van der Waals surface area contributed by atoms with Crippen LogP contribution in [0.2, 0.25) is 0 Å². The van der Waals surface area contributed by atoms with Crippen molar-refractivity contribution in [3.05, 3.63) is 88.2 Å². The number of nitro groups is 1. The van der Waals surface area contributed by atoms with Crippen molar-refractivity contribution in [2.45, 2.75) is 0 Å². The van der Waals surface area contributed by atoms with Gasteiger partial charge >= 0.3 is 0 Å². The van der Waals surface area contributed by atoms with Gasteiger partial charge in [-0.2, -0.15) is 0 Å². The van der Waals surface area contributed by atoms with Crippen molar-refractivity contribution < 1.29 is 14.5 Å². The summed E-state index contributed by atoms with van der Waals surface area (Å²) in [6.45, 7) is 0. The number of carbonyl (C=O) groups excluding carboxylic acids is 2. The van der Waals surface area contributed by atoms with Gasteiger partial charge in [-0.05, 0) is 36.4 Å². The zero-order valence-electron chi connectivity index (χ0n) is 13.9. The quantitative estimate of drug-likeness (QED) is 0.408. The molecule has 9 nitrogen and oxygen atoms in total. The van der Waals surface area contributed by atoms with Crippen LogP contribution in [0.25, 0.3) is 0 Å². The van der Waals surface area contributed by atoms with Crippen LogP contribution in [-0.4, -0.2) is 21.7 Å². The smallest absolute Gasteiger partial charge is 0.293 e. The average molecular weight is 365 g/mol. The van der Waals surface area contributed by atoms with Crippen LogP contribution in [0.15, 0.2) is 66.9 Å². The molecule has 4 N–H and O–H groups in total. The lowest BCUT2D eigenvalue weighted by Crippen LogP contribution is -2.41. The molecule has 9 heteroatoms. The van der Waals surface area contributed by atoms with E-state index < -0.39 is 16.7 Å². The lowest BCUT2D eigenvalue weighted by molar-refractivity contribution is -0.383. The fourth-order valence-corrected chi connectivity index (χ4v) is 2.33. The third-order valence-electron chi connectivity index (χ3n) is 3.64. The number of H-pyrrole nitrogens is 1. The van der Waals surface area contributed by atoms with Gasteiger partial charge in [0.05, 0.1) is 4.92 Å². The summed E-state index contributed by atoms with van der Waals surface area (Å²) in [5, 5.41) is 14.3. The van der Waals surface area contributed by atoms with E-state index in [1.165, 1.54) is 18.2 Å². The molecule has 0 unspecified atom stereocenters. The molecule has 0 bridgehead atoms. The number of nitrogens with zero attached hydrogens (tertiary/aromatic N) is 1. The number of rotatable bonds is 5. The number of nitrogens with one attached hydrogen (secondary N) is 4. The number of para-hydroxylation sites is 1. The van der Waals surface area contributed by atoms with E-state index in [1.54, 1.807) is 36.5 Å². The minimum atomic E-state index is -0.677. The lowest BCUT2D eigenvalue weighted by Gasteiger charge is -2.10. The number of nitro benzene ring substituents is 1. The molecule has 3 rings (SSSR count). The first-order valence-corrected chi connectivity index (χ1v) is 7.89. The maximum Gasteiger partial charge on any atom is 0.293 e. The highest BCUT2D eigenvalue weighted by molar-refractivity contribution is 5.99. The Labute approximate surface area is 153 Å². The second kappa shape index (κ2) is 7.83. The molecule has 0 aliphatic heterocycles. The van der Waals surface area contributed by atoms with Gasteiger partial charge in [0.2, 0.25) is 0 Å². The van der Waals surface area contributed by atoms with Crippen molar-refractivity contribution >= 4 is 28.9 Å². The summed E-state index contributed by atoms with van der Waals surface area (Å²) in [5.74, 6) is -1.21. The molecule has 0 aliphatic carbocycles. The molecule has 1 heterocycles.